The summed E-state index contributed by atoms with van der Waals surface area (Å²) in [5, 5.41) is 0. The topological polar surface area (TPSA) is 26.3 Å². The highest BCUT2D eigenvalue weighted by Crippen LogP contribution is 2.27. The predicted octanol–water partition coefficient (Wildman–Crippen LogP) is 3.83. The number of esters is 1. The van der Waals surface area contributed by atoms with E-state index in [2.05, 4.69) is 0 Å². The van der Waals surface area contributed by atoms with Crippen molar-refractivity contribution in [1.82, 2.24) is 0 Å². The zero-order valence-corrected chi connectivity index (χ0v) is 10.9. The molecule has 0 saturated heterocycles. The summed E-state index contributed by atoms with van der Waals surface area (Å²) in [7, 11) is 0. The summed E-state index contributed by atoms with van der Waals surface area (Å²) in [4.78, 5) is 11.9. The van der Waals surface area contributed by atoms with Crippen molar-refractivity contribution in [2.24, 2.45) is 5.41 Å². The van der Waals surface area contributed by atoms with Crippen molar-refractivity contribution in [3.05, 3.63) is 35.4 Å². The van der Waals surface area contributed by atoms with Crippen LogP contribution < -0.4 is 0 Å². The van der Waals surface area contributed by atoms with Gasteiger partial charge >= 0.3 is 5.97 Å². The lowest BCUT2D eigenvalue weighted by atomic mass is 9.85. The molecule has 0 aromatic heterocycles. The fourth-order valence-electron chi connectivity index (χ4n) is 1.56. The van der Waals surface area contributed by atoms with Gasteiger partial charge in [0, 0.05) is 6.07 Å². The Balaban J connectivity index is 2.68. The van der Waals surface area contributed by atoms with Crippen molar-refractivity contribution in [3.63, 3.8) is 0 Å². The first-order chi connectivity index (χ1) is 8.41. The van der Waals surface area contributed by atoms with Gasteiger partial charge in [-0.2, -0.15) is 0 Å². The monoisotopic (exact) mass is 256 g/mol. The van der Waals surface area contributed by atoms with Crippen LogP contribution in [0.1, 0.15) is 39.2 Å². The molecular formula is C14H18F2O2. The van der Waals surface area contributed by atoms with Crippen molar-refractivity contribution in [3.8, 4) is 0 Å². The van der Waals surface area contributed by atoms with E-state index in [1.165, 1.54) is 0 Å². The highest BCUT2D eigenvalue weighted by molar-refractivity contribution is 5.76. The van der Waals surface area contributed by atoms with E-state index in [1.807, 2.05) is 20.8 Å². The molecule has 0 spiro atoms. The molecule has 0 atom stereocenters. The van der Waals surface area contributed by atoms with Crippen LogP contribution in [0.25, 0.3) is 0 Å². The Morgan fingerprint density at radius 3 is 2.11 bits per heavy atom. The van der Waals surface area contributed by atoms with E-state index in [9.17, 15) is 13.6 Å². The van der Waals surface area contributed by atoms with E-state index in [1.54, 1.807) is 0 Å². The van der Waals surface area contributed by atoms with Gasteiger partial charge in [0.15, 0.2) is 0 Å². The van der Waals surface area contributed by atoms with Crippen LogP contribution in [0.3, 0.4) is 0 Å². The van der Waals surface area contributed by atoms with Crippen molar-refractivity contribution in [2.45, 2.75) is 40.2 Å². The van der Waals surface area contributed by atoms with Gasteiger partial charge in [-0.05, 0) is 37.5 Å². The number of rotatable bonds is 5. The Labute approximate surface area is 106 Å². The lowest BCUT2D eigenvalue weighted by Crippen LogP contribution is -2.28. The molecule has 0 heterocycles. The van der Waals surface area contributed by atoms with E-state index in [0.717, 1.165) is 18.2 Å². The average molecular weight is 256 g/mol. The Morgan fingerprint density at radius 2 is 1.67 bits per heavy atom. The fourth-order valence-corrected chi connectivity index (χ4v) is 1.56. The maximum atomic E-state index is 12.9. The maximum absolute atomic E-state index is 12.9. The molecule has 1 rings (SSSR count). The first-order valence-electron chi connectivity index (χ1n) is 6.03. The summed E-state index contributed by atoms with van der Waals surface area (Å²) in [6.07, 6.45) is 1.33. The lowest BCUT2D eigenvalue weighted by molar-refractivity contribution is -0.156. The molecule has 0 aliphatic rings. The number of ether oxygens (including phenoxy) is 1. The third-order valence-electron chi connectivity index (χ3n) is 3.35. The van der Waals surface area contributed by atoms with Gasteiger partial charge in [0.1, 0.15) is 18.2 Å². The smallest absolute Gasteiger partial charge is 0.312 e. The minimum absolute atomic E-state index is 0.108. The van der Waals surface area contributed by atoms with Crippen LogP contribution in [-0.2, 0) is 16.1 Å². The molecule has 0 amide bonds. The molecule has 1 aromatic rings. The summed E-state index contributed by atoms with van der Waals surface area (Å²) < 4.78 is 31.0. The molecular weight excluding hydrogens is 238 g/mol. The van der Waals surface area contributed by atoms with Crippen molar-refractivity contribution < 1.29 is 18.3 Å². The quantitative estimate of drug-likeness (QED) is 0.748. The SMILES string of the molecule is CCC(C)(CC)C(=O)OCc1cc(F)cc(F)c1. The van der Waals surface area contributed by atoms with Crippen molar-refractivity contribution in [1.29, 1.82) is 0 Å². The number of hydrogen-bond donors (Lipinski definition) is 0. The second-order valence-corrected chi connectivity index (χ2v) is 4.62. The second-order valence-electron chi connectivity index (χ2n) is 4.62. The number of carbonyl (C=O) groups is 1. The standard InChI is InChI=1S/C14H18F2O2/c1-4-14(3,5-2)13(17)18-9-10-6-11(15)8-12(16)7-10/h6-8H,4-5,9H2,1-3H3. The molecule has 0 bridgehead atoms. The van der Waals surface area contributed by atoms with Crippen LogP contribution in [0.15, 0.2) is 18.2 Å². The summed E-state index contributed by atoms with van der Waals surface area (Å²) in [6, 6.07) is 3.10. The molecule has 0 saturated carbocycles. The van der Waals surface area contributed by atoms with E-state index in [4.69, 9.17) is 4.74 Å². The third-order valence-corrected chi connectivity index (χ3v) is 3.35. The largest absolute Gasteiger partial charge is 0.460 e. The molecule has 2 nitrogen and oxygen atoms in total. The van der Waals surface area contributed by atoms with Crippen LogP contribution in [0.5, 0.6) is 0 Å². The molecule has 0 N–H and O–H groups in total. The van der Waals surface area contributed by atoms with Gasteiger partial charge in [-0.1, -0.05) is 13.8 Å². The second kappa shape index (κ2) is 5.94. The van der Waals surface area contributed by atoms with Crippen molar-refractivity contribution in [2.75, 3.05) is 0 Å². The summed E-state index contributed by atoms with van der Waals surface area (Å²) in [5.74, 6) is -1.68. The first kappa shape index (κ1) is 14.6. The molecule has 0 aliphatic carbocycles. The Kier molecular flexibility index (Phi) is 4.82. The molecule has 100 valence electrons. The first-order valence-corrected chi connectivity index (χ1v) is 6.03. The normalized spacial score (nSPS) is 11.4. The lowest BCUT2D eigenvalue weighted by Gasteiger charge is -2.24. The Bertz CT molecular complexity index is 406. The minimum atomic E-state index is -0.671. The van der Waals surface area contributed by atoms with Crippen LogP contribution in [-0.4, -0.2) is 5.97 Å². The van der Waals surface area contributed by atoms with Gasteiger partial charge in [0.25, 0.3) is 0 Å². The number of halogens is 2. The third kappa shape index (κ3) is 3.52. The molecule has 4 heteroatoms. The van der Waals surface area contributed by atoms with Gasteiger partial charge in [-0.3, -0.25) is 4.79 Å². The summed E-state index contributed by atoms with van der Waals surface area (Å²) >= 11 is 0. The van der Waals surface area contributed by atoms with Gasteiger partial charge in [-0.25, -0.2) is 8.78 Å². The fraction of sp³-hybridized carbons (Fsp3) is 0.500. The van der Waals surface area contributed by atoms with Crippen LogP contribution in [0, 0.1) is 17.0 Å². The number of carbonyl (C=O) groups excluding carboxylic acids is 1. The zero-order chi connectivity index (χ0) is 13.8. The van der Waals surface area contributed by atoms with E-state index in [0.29, 0.717) is 18.4 Å². The van der Waals surface area contributed by atoms with Crippen LogP contribution in [0.4, 0.5) is 8.78 Å². The molecule has 0 fully saturated rings. The number of hydrogen-bond acceptors (Lipinski definition) is 2. The minimum Gasteiger partial charge on any atom is -0.460 e. The highest BCUT2D eigenvalue weighted by atomic mass is 19.1. The van der Waals surface area contributed by atoms with Crippen LogP contribution >= 0.6 is 0 Å². The molecule has 1 aromatic carbocycles. The molecule has 18 heavy (non-hydrogen) atoms. The molecule has 0 radical (unpaired) electrons. The Hall–Kier alpha value is -1.45. The van der Waals surface area contributed by atoms with E-state index < -0.39 is 17.0 Å². The zero-order valence-electron chi connectivity index (χ0n) is 10.9. The highest BCUT2D eigenvalue weighted by Gasteiger charge is 2.30. The maximum Gasteiger partial charge on any atom is 0.312 e. The van der Waals surface area contributed by atoms with E-state index in [-0.39, 0.29) is 12.6 Å². The number of benzene rings is 1. The van der Waals surface area contributed by atoms with Gasteiger partial charge < -0.3 is 4.74 Å². The summed E-state index contributed by atoms with van der Waals surface area (Å²) in [6.45, 7) is 5.53. The van der Waals surface area contributed by atoms with Gasteiger partial charge in [0.05, 0.1) is 5.41 Å². The van der Waals surface area contributed by atoms with Crippen LogP contribution in [0.2, 0.25) is 0 Å². The average Bonchev–Trinajstić information content (AvgIpc) is 2.33. The van der Waals surface area contributed by atoms with Gasteiger partial charge in [0.2, 0.25) is 0 Å². The van der Waals surface area contributed by atoms with Crippen molar-refractivity contribution >= 4 is 5.97 Å². The predicted molar refractivity (Wildman–Crippen MR) is 64.8 cm³/mol. The molecule has 0 unspecified atom stereocenters. The summed E-state index contributed by atoms with van der Waals surface area (Å²) in [5.41, 5.74) is -0.221. The van der Waals surface area contributed by atoms with Gasteiger partial charge in [-0.15, -0.1) is 0 Å². The van der Waals surface area contributed by atoms with E-state index >= 15 is 0 Å². The Morgan fingerprint density at radius 1 is 1.17 bits per heavy atom. The molecule has 0 aliphatic heterocycles.